The van der Waals surface area contributed by atoms with Gasteiger partial charge >= 0.3 is 6.09 Å². The number of fused-ring (bicyclic) bond motifs is 5. The lowest BCUT2D eigenvalue weighted by Crippen LogP contribution is -2.55. The van der Waals surface area contributed by atoms with Gasteiger partial charge in [0.25, 0.3) is 0 Å². The van der Waals surface area contributed by atoms with E-state index in [0.29, 0.717) is 25.8 Å². The summed E-state index contributed by atoms with van der Waals surface area (Å²) < 4.78 is 32.7. The normalized spacial score (nSPS) is 35.3. The Balaban J connectivity index is 1.55. The predicted molar refractivity (Wildman–Crippen MR) is 116 cm³/mol. The first-order valence-corrected chi connectivity index (χ1v) is 12.0. The molecule has 0 spiro atoms. The van der Waals surface area contributed by atoms with Crippen molar-refractivity contribution in [3.05, 3.63) is 0 Å². The number of nitrogens with two attached hydrogens (primary N) is 1. The van der Waals surface area contributed by atoms with E-state index in [1.54, 1.807) is 20.8 Å². The Labute approximate surface area is 197 Å². The second-order valence-electron chi connectivity index (χ2n) is 11.2. The molecule has 2 bridgehead atoms. The molecule has 2 heterocycles. The van der Waals surface area contributed by atoms with Gasteiger partial charge < -0.3 is 21.1 Å². The number of nitrogens with one attached hydrogen (secondary N) is 2. The van der Waals surface area contributed by atoms with Gasteiger partial charge in [-0.3, -0.25) is 19.3 Å². The molecular formula is C23H34F2N4O5. The molecule has 9 nitrogen and oxygen atoms in total. The summed E-state index contributed by atoms with van der Waals surface area (Å²) in [5, 5.41) is 5.36. The van der Waals surface area contributed by atoms with Crippen LogP contribution < -0.4 is 16.4 Å². The maximum Gasteiger partial charge on any atom is 0.410 e. The summed E-state index contributed by atoms with van der Waals surface area (Å²) in [6.45, 7) is 5.79. The molecule has 4 fully saturated rings. The van der Waals surface area contributed by atoms with Crippen LogP contribution in [0, 0.1) is 35.5 Å². The summed E-state index contributed by atoms with van der Waals surface area (Å²) in [7, 11) is 0. The monoisotopic (exact) mass is 484 g/mol. The van der Waals surface area contributed by atoms with Gasteiger partial charge in [0, 0.05) is 24.9 Å². The van der Waals surface area contributed by atoms with Crippen molar-refractivity contribution in [3.8, 4) is 0 Å². The molecule has 11 heteroatoms. The molecule has 8 atom stereocenters. The van der Waals surface area contributed by atoms with Crippen LogP contribution in [0.2, 0.25) is 0 Å². The molecular weight excluding hydrogens is 450 g/mol. The van der Waals surface area contributed by atoms with Crippen molar-refractivity contribution < 1.29 is 32.7 Å². The number of ether oxygens (including phenoxy) is 1. The van der Waals surface area contributed by atoms with Crippen molar-refractivity contribution in [2.24, 2.45) is 41.2 Å². The van der Waals surface area contributed by atoms with E-state index < -0.39 is 53.9 Å². The van der Waals surface area contributed by atoms with E-state index in [9.17, 15) is 28.0 Å². The molecule has 4 rings (SSSR count). The second-order valence-corrected chi connectivity index (χ2v) is 11.2. The first-order chi connectivity index (χ1) is 15.9. The number of halogens is 2. The van der Waals surface area contributed by atoms with Gasteiger partial charge in [-0.2, -0.15) is 0 Å². The standard InChI is InChI=1S/C23H34F2N4O5/c1-23(2,3)34-22(33)29-9-14-12-6-11(7-13(12)18(24)25)16(14)17(29)21(32)28-15(19(26)30)8-10-4-5-27-20(10)31/h10-18H,4-9H2,1-3H3,(H2,26,30)(H,27,31)(H,28,32)/t10-,11+,12-,13-,14+,15-,16-,17-/m0/s1. The number of rotatable bonds is 6. The number of likely N-dealkylation sites (tertiary alicyclic amines) is 1. The van der Waals surface area contributed by atoms with E-state index in [1.807, 2.05) is 0 Å². The summed E-state index contributed by atoms with van der Waals surface area (Å²) >= 11 is 0. The number of hydrogen-bond donors (Lipinski definition) is 3. The van der Waals surface area contributed by atoms with Crippen LogP contribution in [0.5, 0.6) is 0 Å². The summed E-state index contributed by atoms with van der Waals surface area (Å²) in [4.78, 5) is 52.0. The maximum absolute atomic E-state index is 13.6. The van der Waals surface area contributed by atoms with Crippen molar-refractivity contribution >= 4 is 23.8 Å². The van der Waals surface area contributed by atoms with E-state index >= 15 is 0 Å². The molecule has 2 saturated heterocycles. The van der Waals surface area contributed by atoms with Crippen molar-refractivity contribution in [2.45, 2.75) is 70.6 Å². The van der Waals surface area contributed by atoms with Crippen LogP contribution in [0.4, 0.5) is 13.6 Å². The molecule has 2 aliphatic carbocycles. The van der Waals surface area contributed by atoms with Gasteiger partial charge in [0.15, 0.2) is 0 Å². The Morgan fingerprint density at radius 1 is 1.24 bits per heavy atom. The van der Waals surface area contributed by atoms with Gasteiger partial charge in [-0.15, -0.1) is 0 Å². The van der Waals surface area contributed by atoms with Crippen LogP contribution in [-0.2, 0) is 19.1 Å². The number of carbonyl (C=O) groups is 4. The van der Waals surface area contributed by atoms with Crippen LogP contribution in [0.3, 0.4) is 0 Å². The molecule has 34 heavy (non-hydrogen) atoms. The number of amides is 4. The van der Waals surface area contributed by atoms with E-state index in [4.69, 9.17) is 10.5 Å². The maximum atomic E-state index is 13.6. The summed E-state index contributed by atoms with van der Waals surface area (Å²) in [5.41, 5.74) is 4.73. The predicted octanol–water partition coefficient (Wildman–Crippen LogP) is 1.26. The van der Waals surface area contributed by atoms with Gasteiger partial charge in [0.1, 0.15) is 17.7 Å². The highest BCUT2D eigenvalue weighted by Crippen LogP contribution is 2.61. The number of carbonyl (C=O) groups excluding carboxylic acids is 4. The summed E-state index contributed by atoms with van der Waals surface area (Å²) in [6, 6.07) is -2.01. The van der Waals surface area contributed by atoms with Gasteiger partial charge in [-0.1, -0.05) is 0 Å². The molecule has 0 aromatic heterocycles. The average Bonchev–Trinajstić information content (AvgIpc) is 3.46. The van der Waals surface area contributed by atoms with Crippen molar-refractivity contribution in [1.82, 2.24) is 15.5 Å². The molecule has 0 aromatic rings. The number of alkyl halides is 2. The fourth-order valence-corrected chi connectivity index (χ4v) is 6.66. The molecule has 190 valence electrons. The number of hydrogen-bond acceptors (Lipinski definition) is 5. The molecule has 2 aliphatic heterocycles. The lowest BCUT2D eigenvalue weighted by molar-refractivity contribution is -0.132. The van der Waals surface area contributed by atoms with Crippen LogP contribution in [0.25, 0.3) is 0 Å². The van der Waals surface area contributed by atoms with Crippen molar-refractivity contribution in [2.75, 3.05) is 13.1 Å². The minimum Gasteiger partial charge on any atom is -0.444 e. The molecule has 4 amide bonds. The Kier molecular flexibility index (Phi) is 6.50. The first kappa shape index (κ1) is 24.7. The highest BCUT2D eigenvalue weighted by atomic mass is 19.3. The molecule has 0 unspecified atom stereocenters. The quantitative estimate of drug-likeness (QED) is 0.522. The van der Waals surface area contributed by atoms with Crippen LogP contribution in [0.1, 0.15) is 46.5 Å². The fourth-order valence-electron chi connectivity index (χ4n) is 6.66. The lowest BCUT2D eigenvalue weighted by Gasteiger charge is -2.33. The fraction of sp³-hybridized carbons (Fsp3) is 0.826. The largest absolute Gasteiger partial charge is 0.444 e. The zero-order valence-electron chi connectivity index (χ0n) is 19.8. The number of primary amides is 1. The summed E-state index contributed by atoms with van der Waals surface area (Å²) in [6.07, 6.45) is -1.58. The van der Waals surface area contributed by atoms with Gasteiger partial charge in [-0.25, -0.2) is 13.6 Å². The average molecular weight is 485 g/mol. The zero-order chi connectivity index (χ0) is 24.9. The lowest BCUT2D eigenvalue weighted by atomic mass is 9.73. The third-order valence-corrected chi connectivity index (χ3v) is 7.96. The van der Waals surface area contributed by atoms with E-state index in [2.05, 4.69) is 10.6 Å². The first-order valence-electron chi connectivity index (χ1n) is 12.0. The second kappa shape index (κ2) is 8.96. The minimum absolute atomic E-state index is 0.0691. The third-order valence-electron chi connectivity index (χ3n) is 7.96. The smallest absolute Gasteiger partial charge is 0.410 e. The Bertz CT molecular complexity index is 863. The van der Waals surface area contributed by atoms with Crippen LogP contribution in [0.15, 0.2) is 0 Å². The molecule has 0 radical (unpaired) electrons. The van der Waals surface area contributed by atoms with Gasteiger partial charge in [0.05, 0.1) is 0 Å². The highest BCUT2D eigenvalue weighted by molar-refractivity contribution is 5.92. The number of nitrogens with zero attached hydrogens (tertiary/aromatic N) is 1. The van der Waals surface area contributed by atoms with E-state index in [1.165, 1.54) is 4.90 Å². The third kappa shape index (κ3) is 4.57. The van der Waals surface area contributed by atoms with E-state index in [0.717, 1.165) is 0 Å². The zero-order valence-corrected chi connectivity index (χ0v) is 19.8. The Morgan fingerprint density at radius 2 is 1.94 bits per heavy atom. The molecule has 4 N–H and O–H groups in total. The minimum atomic E-state index is -2.43. The SMILES string of the molecule is CC(C)(C)OC(=O)N1C[C@@H]2[C@H]3C[C@H](C[C@@H]3C(F)F)[C@@H]2[C@H]1C(=O)N[C@@H](C[C@@H]1CCNC1=O)C(N)=O. The Morgan fingerprint density at radius 3 is 2.50 bits per heavy atom. The van der Waals surface area contributed by atoms with Crippen LogP contribution in [-0.4, -0.2) is 65.9 Å². The van der Waals surface area contributed by atoms with Crippen molar-refractivity contribution in [1.29, 1.82) is 0 Å². The molecule has 0 aromatic carbocycles. The topological polar surface area (TPSA) is 131 Å². The highest BCUT2D eigenvalue weighted by Gasteiger charge is 2.63. The molecule has 4 aliphatic rings. The van der Waals surface area contributed by atoms with Gasteiger partial charge in [0.2, 0.25) is 24.1 Å². The van der Waals surface area contributed by atoms with Crippen LogP contribution >= 0.6 is 0 Å². The summed E-state index contributed by atoms with van der Waals surface area (Å²) in [5.74, 6) is -3.55. The Hall–Kier alpha value is -2.46. The van der Waals surface area contributed by atoms with Crippen molar-refractivity contribution in [3.63, 3.8) is 0 Å². The molecule has 2 saturated carbocycles. The van der Waals surface area contributed by atoms with Gasteiger partial charge in [-0.05, 0) is 70.1 Å². The van der Waals surface area contributed by atoms with E-state index in [-0.39, 0.29) is 42.5 Å².